The molecule has 0 N–H and O–H groups in total. The third-order valence-corrected chi connectivity index (χ3v) is 4.96. The number of aromatic nitrogens is 3. The van der Waals surface area contributed by atoms with Crippen molar-refractivity contribution in [3.63, 3.8) is 0 Å². The number of aryl methyl sites for hydroxylation is 1. The lowest BCUT2D eigenvalue weighted by Crippen LogP contribution is -2.31. The zero-order valence-corrected chi connectivity index (χ0v) is 15.3. The molecule has 1 fully saturated rings. The summed E-state index contributed by atoms with van der Waals surface area (Å²) in [6.45, 7) is 2.55. The Bertz CT molecular complexity index is 952. The summed E-state index contributed by atoms with van der Waals surface area (Å²) in [6.07, 6.45) is 5.21. The van der Waals surface area contributed by atoms with Crippen LogP contribution in [0.25, 0.3) is 11.1 Å². The summed E-state index contributed by atoms with van der Waals surface area (Å²) in [7, 11) is 1.62. The molecular formula is C20H20N4O3. The number of pyridine rings is 1. The molecule has 0 saturated carbocycles. The van der Waals surface area contributed by atoms with Crippen molar-refractivity contribution in [2.75, 3.05) is 13.7 Å². The summed E-state index contributed by atoms with van der Waals surface area (Å²) in [4.78, 5) is 19.0. The summed E-state index contributed by atoms with van der Waals surface area (Å²) >= 11 is 0. The molecule has 3 heterocycles. The summed E-state index contributed by atoms with van der Waals surface area (Å²) in [5.74, 6) is 0.693. The molecule has 1 aliphatic heterocycles. The predicted molar refractivity (Wildman–Crippen MR) is 98.3 cm³/mol. The van der Waals surface area contributed by atoms with Crippen molar-refractivity contribution in [2.45, 2.75) is 25.8 Å². The Morgan fingerprint density at radius 1 is 1.22 bits per heavy atom. The molecule has 2 aromatic heterocycles. The molecule has 1 atom stereocenters. The molecule has 0 aliphatic carbocycles. The average molecular weight is 364 g/mol. The van der Waals surface area contributed by atoms with E-state index in [1.165, 1.54) is 0 Å². The van der Waals surface area contributed by atoms with Crippen LogP contribution < -0.4 is 4.74 Å². The van der Waals surface area contributed by atoms with E-state index in [0.29, 0.717) is 17.9 Å². The first-order chi connectivity index (χ1) is 13.2. The van der Waals surface area contributed by atoms with Crippen molar-refractivity contribution in [3.8, 4) is 16.9 Å². The van der Waals surface area contributed by atoms with Crippen LogP contribution in [-0.2, 0) is 0 Å². The van der Waals surface area contributed by atoms with E-state index in [2.05, 4.69) is 15.3 Å². The number of benzene rings is 1. The number of methoxy groups -OCH3 is 1. The van der Waals surface area contributed by atoms with Crippen LogP contribution in [-0.4, -0.2) is 39.8 Å². The summed E-state index contributed by atoms with van der Waals surface area (Å²) in [5, 5.41) is 7.85. The third kappa shape index (κ3) is 3.16. The molecule has 27 heavy (non-hydrogen) atoms. The number of hydrogen-bond donors (Lipinski definition) is 0. The van der Waals surface area contributed by atoms with Gasteiger partial charge in [-0.25, -0.2) is 4.63 Å². The third-order valence-electron chi connectivity index (χ3n) is 4.96. The Labute approximate surface area is 156 Å². The Balaban J connectivity index is 1.58. The van der Waals surface area contributed by atoms with Crippen LogP contribution in [0, 0.1) is 6.92 Å². The van der Waals surface area contributed by atoms with Gasteiger partial charge in [0.25, 0.3) is 5.91 Å². The number of likely N-dealkylation sites (tertiary alicyclic amines) is 1. The van der Waals surface area contributed by atoms with Crippen molar-refractivity contribution in [1.29, 1.82) is 0 Å². The fourth-order valence-electron chi connectivity index (χ4n) is 3.57. The highest BCUT2D eigenvalue weighted by Gasteiger charge is 2.34. The second kappa shape index (κ2) is 7.19. The molecule has 0 spiro atoms. The molecule has 1 saturated heterocycles. The van der Waals surface area contributed by atoms with Crippen LogP contribution in [0.5, 0.6) is 5.75 Å². The number of nitrogens with zero attached hydrogens (tertiary/aromatic N) is 4. The lowest BCUT2D eigenvalue weighted by Gasteiger charge is -2.23. The van der Waals surface area contributed by atoms with Gasteiger partial charge >= 0.3 is 0 Å². The first kappa shape index (κ1) is 17.2. The van der Waals surface area contributed by atoms with Crippen molar-refractivity contribution in [3.05, 3.63) is 59.7 Å². The zero-order valence-electron chi connectivity index (χ0n) is 15.3. The fourth-order valence-corrected chi connectivity index (χ4v) is 3.57. The van der Waals surface area contributed by atoms with E-state index in [4.69, 9.17) is 9.37 Å². The lowest BCUT2D eigenvalue weighted by molar-refractivity contribution is 0.0730. The van der Waals surface area contributed by atoms with Gasteiger partial charge in [0.1, 0.15) is 17.1 Å². The Hall–Kier alpha value is -3.22. The second-order valence-electron chi connectivity index (χ2n) is 6.54. The largest absolute Gasteiger partial charge is 0.494 e. The first-order valence-corrected chi connectivity index (χ1v) is 8.87. The maximum absolute atomic E-state index is 13.0. The molecule has 138 valence electrons. The molecule has 1 aliphatic rings. The van der Waals surface area contributed by atoms with Gasteiger partial charge in [-0.3, -0.25) is 9.78 Å². The number of hydrogen-bond acceptors (Lipinski definition) is 6. The molecule has 0 bridgehead atoms. The maximum Gasteiger partial charge on any atom is 0.254 e. The van der Waals surface area contributed by atoms with Crippen LogP contribution in [0.2, 0.25) is 0 Å². The maximum atomic E-state index is 13.0. The molecule has 1 aromatic carbocycles. The summed E-state index contributed by atoms with van der Waals surface area (Å²) < 4.78 is 10.2. The molecule has 7 nitrogen and oxygen atoms in total. The van der Waals surface area contributed by atoms with Crippen molar-refractivity contribution in [1.82, 2.24) is 20.2 Å². The Kier molecular flexibility index (Phi) is 4.58. The topological polar surface area (TPSA) is 81.4 Å². The van der Waals surface area contributed by atoms with Gasteiger partial charge in [0.2, 0.25) is 0 Å². The standard InChI is InChI=1S/C20H20N4O3/c1-13-19(23-27-22-13)17-4-3-11-24(17)20(25)15-7-5-14(6-8-15)16-9-10-21-12-18(16)26-2/h5-10,12,17H,3-4,11H2,1-2H3. The minimum atomic E-state index is -0.0799. The monoisotopic (exact) mass is 364 g/mol. The van der Waals surface area contributed by atoms with Crippen LogP contribution in [0.1, 0.15) is 40.6 Å². The highest BCUT2D eigenvalue weighted by atomic mass is 16.6. The molecular weight excluding hydrogens is 344 g/mol. The van der Waals surface area contributed by atoms with E-state index in [9.17, 15) is 4.79 Å². The first-order valence-electron chi connectivity index (χ1n) is 8.87. The number of ether oxygens (including phenoxy) is 1. The Morgan fingerprint density at radius 2 is 2.04 bits per heavy atom. The van der Waals surface area contributed by atoms with E-state index in [1.807, 2.05) is 42.2 Å². The van der Waals surface area contributed by atoms with Gasteiger partial charge in [0, 0.05) is 23.9 Å². The smallest absolute Gasteiger partial charge is 0.254 e. The summed E-state index contributed by atoms with van der Waals surface area (Å²) in [5.41, 5.74) is 4.04. The van der Waals surface area contributed by atoms with E-state index in [1.54, 1.807) is 19.5 Å². The molecule has 7 heteroatoms. The average Bonchev–Trinajstić information content (AvgIpc) is 3.36. The van der Waals surface area contributed by atoms with Crippen LogP contribution in [0.3, 0.4) is 0 Å². The Morgan fingerprint density at radius 3 is 2.74 bits per heavy atom. The van der Waals surface area contributed by atoms with Gasteiger partial charge in [0.15, 0.2) is 0 Å². The molecule has 1 amide bonds. The van der Waals surface area contributed by atoms with Gasteiger partial charge in [-0.15, -0.1) is 0 Å². The minimum Gasteiger partial charge on any atom is -0.494 e. The van der Waals surface area contributed by atoms with Crippen LogP contribution >= 0.6 is 0 Å². The summed E-state index contributed by atoms with van der Waals surface area (Å²) in [6, 6.07) is 9.37. The molecule has 1 unspecified atom stereocenters. The molecule has 4 rings (SSSR count). The second-order valence-corrected chi connectivity index (χ2v) is 6.54. The van der Waals surface area contributed by atoms with Crippen molar-refractivity contribution < 1.29 is 14.2 Å². The van der Waals surface area contributed by atoms with Gasteiger partial charge < -0.3 is 9.64 Å². The van der Waals surface area contributed by atoms with Crippen molar-refractivity contribution in [2.24, 2.45) is 0 Å². The fraction of sp³-hybridized carbons (Fsp3) is 0.300. The number of carbonyl (C=O) groups excluding carboxylic acids is 1. The zero-order chi connectivity index (χ0) is 18.8. The molecule has 3 aromatic rings. The minimum absolute atomic E-state index is 0.00635. The highest BCUT2D eigenvalue weighted by Crippen LogP contribution is 2.34. The highest BCUT2D eigenvalue weighted by molar-refractivity contribution is 5.95. The normalized spacial score (nSPS) is 16.5. The van der Waals surface area contributed by atoms with E-state index >= 15 is 0 Å². The predicted octanol–water partition coefficient (Wildman–Crippen LogP) is 3.43. The lowest BCUT2D eigenvalue weighted by atomic mass is 10.0. The van der Waals surface area contributed by atoms with Gasteiger partial charge in [-0.2, -0.15) is 0 Å². The van der Waals surface area contributed by atoms with Crippen LogP contribution in [0.4, 0.5) is 0 Å². The van der Waals surface area contributed by atoms with Gasteiger partial charge in [0.05, 0.1) is 19.3 Å². The SMILES string of the molecule is COc1cnccc1-c1ccc(C(=O)N2CCCC2c2nonc2C)cc1. The van der Waals surface area contributed by atoms with E-state index < -0.39 is 0 Å². The quantitative estimate of drug-likeness (QED) is 0.705. The van der Waals surface area contributed by atoms with Crippen LogP contribution in [0.15, 0.2) is 47.4 Å². The van der Waals surface area contributed by atoms with Gasteiger partial charge in [-0.05, 0) is 43.5 Å². The van der Waals surface area contributed by atoms with Crippen molar-refractivity contribution >= 4 is 5.91 Å². The number of amides is 1. The number of carbonyl (C=O) groups is 1. The molecule has 0 radical (unpaired) electrons. The van der Waals surface area contributed by atoms with E-state index in [-0.39, 0.29) is 11.9 Å². The van der Waals surface area contributed by atoms with Gasteiger partial charge in [-0.1, -0.05) is 22.4 Å². The van der Waals surface area contributed by atoms with E-state index in [0.717, 1.165) is 35.4 Å². The number of rotatable bonds is 4.